The van der Waals surface area contributed by atoms with Crippen molar-refractivity contribution in [3.8, 4) is 5.82 Å². The molecule has 10 heteroatoms. The van der Waals surface area contributed by atoms with Crippen LogP contribution >= 0.6 is 11.6 Å². The summed E-state index contributed by atoms with van der Waals surface area (Å²) in [4.78, 5) is 15.3. The molecule has 152 valence electrons. The Labute approximate surface area is 174 Å². The molecule has 0 radical (unpaired) electrons. The number of imidazole rings is 1. The van der Waals surface area contributed by atoms with Gasteiger partial charge in [0.2, 0.25) is 10.0 Å². The second-order valence-electron chi connectivity index (χ2n) is 6.87. The predicted octanol–water partition coefficient (Wildman–Crippen LogP) is 2.44. The third-order valence-electron chi connectivity index (χ3n) is 5.13. The molecule has 1 aromatic carbocycles. The van der Waals surface area contributed by atoms with Gasteiger partial charge in [-0.15, -0.1) is 0 Å². The molecule has 0 amide bonds. The molecule has 0 unspecified atom stereocenters. The first kappa shape index (κ1) is 19.8. The first-order chi connectivity index (χ1) is 13.9. The van der Waals surface area contributed by atoms with Crippen LogP contribution in [0.5, 0.6) is 0 Å². The van der Waals surface area contributed by atoms with Crippen molar-refractivity contribution in [2.24, 2.45) is 0 Å². The van der Waals surface area contributed by atoms with Crippen molar-refractivity contribution in [2.45, 2.75) is 18.7 Å². The SMILES string of the molecule is Cc1ncn(-c2cc(N3CCN(S(=O)(=O)c4cccc(Cl)c4)CC3)ncn2)c1C. The van der Waals surface area contributed by atoms with Crippen LogP contribution in [0.4, 0.5) is 5.82 Å². The lowest BCUT2D eigenvalue weighted by atomic mass is 10.3. The fraction of sp³-hybridized carbons (Fsp3) is 0.316. The van der Waals surface area contributed by atoms with Gasteiger partial charge in [-0.3, -0.25) is 4.57 Å². The summed E-state index contributed by atoms with van der Waals surface area (Å²) in [5.74, 6) is 1.50. The summed E-state index contributed by atoms with van der Waals surface area (Å²) in [5, 5.41) is 0.406. The third-order valence-corrected chi connectivity index (χ3v) is 7.26. The molecule has 8 nitrogen and oxygen atoms in total. The molecule has 1 saturated heterocycles. The fourth-order valence-electron chi connectivity index (χ4n) is 3.31. The van der Waals surface area contributed by atoms with Gasteiger partial charge in [0.15, 0.2) is 0 Å². The molecule has 2 aromatic heterocycles. The summed E-state index contributed by atoms with van der Waals surface area (Å²) in [5.41, 5.74) is 1.97. The fourth-order valence-corrected chi connectivity index (χ4v) is 5.03. The molecular formula is C19H21ClN6O2S. The van der Waals surface area contributed by atoms with Crippen LogP contribution in [-0.4, -0.2) is 58.4 Å². The van der Waals surface area contributed by atoms with E-state index < -0.39 is 10.0 Å². The number of halogens is 1. The van der Waals surface area contributed by atoms with Crippen molar-refractivity contribution in [2.75, 3.05) is 31.1 Å². The minimum atomic E-state index is -3.57. The molecule has 0 spiro atoms. The first-order valence-corrected chi connectivity index (χ1v) is 11.0. The number of sulfonamides is 1. The van der Waals surface area contributed by atoms with Crippen molar-refractivity contribution < 1.29 is 8.42 Å². The predicted molar refractivity (Wildman–Crippen MR) is 111 cm³/mol. The van der Waals surface area contributed by atoms with E-state index in [1.807, 2.05) is 24.5 Å². The Morgan fingerprint density at radius 2 is 1.69 bits per heavy atom. The molecule has 3 heterocycles. The van der Waals surface area contributed by atoms with Crippen LogP contribution in [-0.2, 0) is 10.0 Å². The number of benzene rings is 1. The number of piperazine rings is 1. The van der Waals surface area contributed by atoms with E-state index in [0.717, 1.165) is 23.0 Å². The molecular weight excluding hydrogens is 412 g/mol. The number of hydrogen-bond acceptors (Lipinski definition) is 6. The van der Waals surface area contributed by atoms with Crippen molar-refractivity contribution in [3.63, 3.8) is 0 Å². The average Bonchev–Trinajstić information content (AvgIpc) is 3.07. The van der Waals surface area contributed by atoms with Gasteiger partial charge < -0.3 is 4.90 Å². The molecule has 29 heavy (non-hydrogen) atoms. The smallest absolute Gasteiger partial charge is 0.243 e. The van der Waals surface area contributed by atoms with E-state index in [1.165, 1.54) is 16.7 Å². The van der Waals surface area contributed by atoms with E-state index in [1.54, 1.807) is 24.5 Å². The Bertz CT molecular complexity index is 1140. The van der Waals surface area contributed by atoms with Gasteiger partial charge in [0.25, 0.3) is 0 Å². The zero-order chi connectivity index (χ0) is 20.6. The van der Waals surface area contributed by atoms with Gasteiger partial charge in [-0.1, -0.05) is 17.7 Å². The highest BCUT2D eigenvalue weighted by Crippen LogP contribution is 2.23. The van der Waals surface area contributed by atoms with E-state index in [9.17, 15) is 8.42 Å². The van der Waals surface area contributed by atoms with Gasteiger partial charge in [-0.25, -0.2) is 23.4 Å². The molecule has 0 N–H and O–H groups in total. The quantitative estimate of drug-likeness (QED) is 0.629. The summed E-state index contributed by atoms with van der Waals surface area (Å²) >= 11 is 5.96. The maximum absolute atomic E-state index is 12.9. The highest BCUT2D eigenvalue weighted by molar-refractivity contribution is 7.89. The van der Waals surface area contributed by atoms with Gasteiger partial charge in [0.1, 0.15) is 24.3 Å². The van der Waals surface area contributed by atoms with E-state index in [-0.39, 0.29) is 4.90 Å². The summed E-state index contributed by atoms with van der Waals surface area (Å²) < 4.78 is 29.2. The Morgan fingerprint density at radius 3 is 2.34 bits per heavy atom. The summed E-state index contributed by atoms with van der Waals surface area (Å²) in [6, 6.07) is 8.26. The Hall–Kier alpha value is -2.49. The maximum Gasteiger partial charge on any atom is 0.243 e. The second-order valence-corrected chi connectivity index (χ2v) is 9.24. The molecule has 0 atom stereocenters. The van der Waals surface area contributed by atoms with Crippen LogP contribution in [0, 0.1) is 13.8 Å². The Balaban J connectivity index is 1.50. The van der Waals surface area contributed by atoms with Gasteiger partial charge in [-0.05, 0) is 32.0 Å². The molecule has 1 aliphatic rings. The van der Waals surface area contributed by atoms with E-state index in [4.69, 9.17) is 11.6 Å². The third kappa shape index (κ3) is 3.85. The summed E-state index contributed by atoms with van der Waals surface area (Å²) in [7, 11) is -3.57. The number of aryl methyl sites for hydroxylation is 1. The van der Waals surface area contributed by atoms with Crippen molar-refractivity contribution in [1.82, 2.24) is 23.8 Å². The number of hydrogen-bond donors (Lipinski definition) is 0. The number of anilines is 1. The molecule has 4 rings (SSSR count). The van der Waals surface area contributed by atoms with E-state index >= 15 is 0 Å². The molecule has 1 aliphatic heterocycles. The lowest BCUT2D eigenvalue weighted by Gasteiger charge is -2.34. The molecule has 0 aliphatic carbocycles. The van der Waals surface area contributed by atoms with Crippen LogP contribution < -0.4 is 4.90 Å². The topological polar surface area (TPSA) is 84.2 Å². The molecule has 0 bridgehead atoms. The normalized spacial score (nSPS) is 15.6. The van der Waals surface area contributed by atoms with Gasteiger partial charge in [0, 0.05) is 43.0 Å². The lowest BCUT2D eigenvalue weighted by molar-refractivity contribution is 0.383. The standard InChI is InChI=1S/C19H21ClN6O2S/c1-14-15(2)26(13-23-14)19-11-18(21-12-22-19)24-6-8-25(9-7-24)29(27,28)17-5-3-4-16(20)10-17/h3-5,10-13H,6-9H2,1-2H3. The van der Waals surface area contributed by atoms with Crippen LogP contribution in [0.2, 0.25) is 5.02 Å². The van der Waals surface area contributed by atoms with Crippen molar-refractivity contribution >= 4 is 27.4 Å². The largest absolute Gasteiger partial charge is 0.354 e. The van der Waals surface area contributed by atoms with Crippen LogP contribution in [0.1, 0.15) is 11.4 Å². The average molecular weight is 433 g/mol. The molecule has 3 aromatic rings. The Morgan fingerprint density at radius 1 is 0.966 bits per heavy atom. The number of rotatable bonds is 4. The van der Waals surface area contributed by atoms with Crippen molar-refractivity contribution in [1.29, 1.82) is 0 Å². The van der Waals surface area contributed by atoms with Crippen LogP contribution in [0.15, 0.2) is 47.9 Å². The monoisotopic (exact) mass is 432 g/mol. The summed E-state index contributed by atoms with van der Waals surface area (Å²) in [6.45, 7) is 5.77. The minimum Gasteiger partial charge on any atom is -0.354 e. The highest BCUT2D eigenvalue weighted by Gasteiger charge is 2.29. The van der Waals surface area contributed by atoms with E-state index in [2.05, 4.69) is 19.9 Å². The van der Waals surface area contributed by atoms with Gasteiger partial charge in [0.05, 0.1) is 10.6 Å². The van der Waals surface area contributed by atoms with Crippen LogP contribution in [0.3, 0.4) is 0 Å². The zero-order valence-corrected chi connectivity index (χ0v) is 17.7. The van der Waals surface area contributed by atoms with Gasteiger partial charge in [-0.2, -0.15) is 4.31 Å². The summed E-state index contributed by atoms with van der Waals surface area (Å²) in [6.07, 6.45) is 3.26. The van der Waals surface area contributed by atoms with Crippen LogP contribution in [0.25, 0.3) is 5.82 Å². The number of nitrogens with zero attached hydrogens (tertiary/aromatic N) is 6. The van der Waals surface area contributed by atoms with E-state index in [0.29, 0.717) is 31.2 Å². The highest BCUT2D eigenvalue weighted by atomic mass is 35.5. The Kier molecular flexibility index (Phi) is 5.28. The molecule has 0 saturated carbocycles. The number of aromatic nitrogens is 4. The first-order valence-electron chi connectivity index (χ1n) is 9.20. The maximum atomic E-state index is 12.9. The second kappa shape index (κ2) is 7.74. The minimum absolute atomic E-state index is 0.216. The lowest BCUT2D eigenvalue weighted by Crippen LogP contribution is -2.48. The van der Waals surface area contributed by atoms with Crippen molar-refractivity contribution in [3.05, 3.63) is 59.4 Å². The zero-order valence-electron chi connectivity index (χ0n) is 16.2. The van der Waals surface area contributed by atoms with Gasteiger partial charge >= 0.3 is 0 Å². The molecule has 1 fully saturated rings.